The monoisotopic (exact) mass is 243 g/mol. The van der Waals surface area contributed by atoms with Gasteiger partial charge in [-0.05, 0) is 38.3 Å². The van der Waals surface area contributed by atoms with E-state index in [9.17, 15) is 0 Å². The first-order valence-corrected chi connectivity index (χ1v) is 6.34. The summed E-state index contributed by atoms with van der Waals surface area (Å²) >= 11 is 0. The molecule has 1 atom stereocenters. The average Bonchev–Trinajstić information content (AvgIpc) is 2.92. The van der Waals surface area contributed by atoms with Crippen molar-refractivity contribution in [3.05, 3.63) is 46.9 Å². The zero-order valence-corrected chi connectivity index (χ0v) is 10.7. The highest BCUT2D eigenvalue weighted by molar-refractivity contribution is 5.27. The van der Waals surface area contributed by atoms with Crippen LogP contribution >= 0.6 is 0 Å². The van der Waals surface area contributed by atoms with Gasteiger partial charge in [0.1, 0.15) is 5.76 Å². The molecule has 18 heavy (non-hydrogen) atoms. The van der Waals surface area contributed by atoms with Crippen molar-refractivity contribution < 1.29 is 4.42 Å². The zero-order chi connectivity index (χ0) is 12.5. The number of fused-ring (bicyclic) bond motifs is 1. The van der Waals surface area contributed by atoms with Crippen molar-refractivity contribution in [2.24, 2.45) is 0 Å². The second-order valence-electron chi connectivity index (χ2n) is 4.77. The van der Waals surface area contributed by atoms with Crippen molar-refractivity contribution in [1.82, 2.24) is 15.3 Å². The van der Waals surface area contributed by atoms with Gasteiger partial charge in [0.05, 0.1) is 24.0 Å². The molecule has 0 fully saturated rings. The molecular formula is C14H17N3O. The van der Waals surface area contributed by atoms with Crippen LogP contribution in [0.25, 0.3) is 0 Å². The average molecular weight is 243 g/mol. The van der Waals surface area contributed by atoms with E-state index in [4.69, 9.17) is 4.42 Å². The van der Waals surface area contributed by atoms with E-state index >= 15 is 0 Å². The van der Waals surface area contributed by atoms with Crippen LogP contribution < -0.4 is 5.32 Å². The van der Waals surface area contributed by atoms with E-state index < -0.39 is 0 Å². The normalized spacial score (nSPS) is 18.0. The molecule has 0 spiro atoms. The number of aryl methyl sites for hydroxylation is 3. The van der Waals surface area contributed by atoms with Gasteiger partial charge in [-0.2, -0.15) is 0 Å². The smallest absolute Gasteiger partial charge is 0.208 e. The summed E-state index contributed by atoms with van der Waals surface area (Å²) in [5.41, 5.74) is 3.50. The minimum absolute atomic E-state index is 0.328. The molecule has 1 N–H and O–H groups in total. The molecule has 1 unspecified atom stereocenters. The lowest BCUT2D eigenvalue weighted by Gasteiger charge is -2.11. The molecule has 4 heteroatoms. The van der Waals surface area contributed by atoms with Crippen LogP contribution in [-0.4, -0.2) is 9.97 Å². The molecule has 1 aliphatic carbocycles. The molecule has 2 aromatic rings. The maximum Gasteiger partial charge on any atom is 0.208 e. The Morgan fingerprint density at radius 2 is 2.33 bits per heavy atom. The molecule has 2 aromatic heterocycles. The third kappa shape index (κ3) is 2.04. The first-order valence-electron chi connectivity index (χ1n) is 6.34. The molecule has 4 nitrogen and oxygen atoms in total. The largest absolute Gasteiger partial charge is 0.444 e. The van der Waals surface area contributed by atoms with Crippen LogP contribution in [0.2, 0.25) is 0 Å². The summed E-state index contributed by atoms with van der Waals surface area (Å²) < 4.78 is 5.57. The first-order chi connectivity index (χ1) is 8.74. The molecule has 2 heterocycles. The molecule has 0 saturated heterocycles. The Morgan fingerprint density at radius 1 is 1.44 bits per heavy atom. The second-order valence-corrected chi connectivity index (χ2v) is 4.77. The third-order valence-electron chi connectivity index (χ3n) is 3.53. The van der Waals surface area contributed by atoms with Gasteiger partial charge in [0.2, 0.25) is 5.89 Å². The van der Waals surface area contributed by atoms with Gasteiger partial charge in [0, 0.05) is 6.20 Å². The van der Waals surface area contributed by atoms with Gasteiger partial charge < -0.3 is 9.73 Å². The Balaban J connectivity index is 1.68. The molecular weight excluding hydrogens is 226 g/mol. The van der Waals surface area contributed by atoms with Crippen LogP contribution in [0.5, 0.6) is 0 Å². The van der Waals surface area contributed by atoms with E-state index in [0.717, 1.165) is 30.2 Å². The standard InChI is InChI=1S/C14H17N3O/c1-9-10(2)18-13(17-9)8-16-12-6-5-11-4-3-7-15-14(11)12/h3-4,7,12,16H,5-6,8H2,1-2H3. The molecule has 0 aromatic carbocycles. The fourth-order valence-electron chi connectivity index (χ4n) is 2.44. The SMILES string of the molecule is Cc1nc(CNC2CCc3cccnc32)oc1C. The number of hydrogen-bond donors (Lipinski definition) is 1. The van der Waals surface area contributed by atoms with Gasteiger partial charge in [-0.15, -0.1) is 0 Å². The van der Waals surface area contributed by atoms with Gasteiger partial charge in [-0.25, -0.2) is 4.98 Å². The molecule has 0 aliphatic heterocycles. The summed E-state index contributed by atoms with van der Waals surface area (Å²) in [6, 6.07) is 4.49. The molecule has 1 aliphatic rings. The van der Waals surface area contributed by atoms with Gasteiger partial charge >= 0.3 is 0 Å². The van der Waals surface area contributed by atoms with E-state index in [2.05, 4.69) is 21.4 Å². The van der Waals surface area contributed by atoms with E-state index in [-0.39, 0.29) is 0 Å². The number of oxazole rings is 1. The molecule has 0 saturated carbocycles. The van der Waals surface area contributed by atoms with Crippen LogP contribution in [0.3, 0.4) is 0 Å². The van der Waals surface area contributed by atoms with Crippen molar-refractivity contribution in [2.75, 3.05) is 0 Å². The van der Waals surface area contributed by atoms with E-state index in [1.807, 2.05) is 26.1 Å². The van der Waals surface area contributed by atoms with Crippen LogP contribution in [0, 0.1) is 13.8 Å². The highest BCUT2D eigenvalue weighted by Gasteiger charge is 2.23. The Labute approximate surface area is 106 Å². The van der Waals surface area contributed by atoms with Gasteiger partial charge in [0.15, 0.2) is 0 Å². The van der Waals surface area contributed by atoms with E-state index in [0.29, 0.717) is 12.6 Å². The number of pyridine rings is 1. The van der Waals surface area contributed by atoms with Crippen LogP contribution in [0.15, 0.2) is 22.7 Å². The van der Waals surface area contributed by atoms with Crippen molar-refractivity contribution in [1.29, 1.82) is 0 Å². The summed E-state index contributed by atoms with van der Waals surface area (Å²) in [6.45, 7) is 4.57. The summed E-state index contributed by atoms with van der Waals surface area (Å²) in [7, 11) is 0. The Bertz CT molecular complexity index is 542. The lowest BCUT2D eigenvalue weighted by atomic mass is 10.2. The van der Waals surface area contributed by atoms with Crippen molar-refractivity contribution in [3.63, 3.8) is 0 Å². The molecule has 3 rings (SSSR count). The van der Waals surface area contributed by atoms with Crippen molar-refractivity contribution >= 4 is 0 Å². The number of nitrogens with one attached hydrogen (secondary N) is 1. The zero-order valence-electron chi connectivity index (χ0n) is 10.7. The number of nitrogens with zero attached hydrogens (tertiary/aromatic N) is 2. The summed E-state index contributed by atoms with van der Waals surface area (Å²) in [5, 5.41) is 3.48. The Morgan fingerprint density at radius 3 is 3.11 bits per heavy atom. The molecule has 0 radical (unpaired) electrons. The second kappa shape index (κ2) is 4.53. The number of rotatable bonds is 3. The maximum absolute atomic E-state index is 5.57. The molecule has 0 amide bonds. The first kappa shape index (κ1) is 11.4. The quantitative estimate of drug-likeness (QED) is 0.899. The summed E-state index contributed by atoms with van der Waals surface area (Å²) in [6.07, 6.45) is 4.06. The minimum Gasteiger partial charge on any atom is -0.444 e. The summed E-state index contributed by atoms with van der Waals surface area (Å²) in [5.74, 6) is 1.66. The van der Waals surface area contributed by atoms with Crippen molar-refractivity contribution in [2.45, 2.75) is 39.3 Å². The van der Waals surface area contributed by atoms with E-state index in [1.54, 1.807) is 0 Å². The molecule has 0 bridgehead atoms. The highest BCUT2D eigenvalue weighted by Crippen LogP contribution is 2.28. The predicted molar refractivity (Wildman–Crippen MR) is 68.1 cm³/mol. The van der Waals surface area contributed by atoms with Gasteiger partial charge in [0.25, 0.3) is 0 Å². The fraction of sp³-hybridized carbons (Fsp3) is 0.429. The molecule has 94 valence electrons. The van der Waals surface area contributed by atoms with E-state index in [1.165, 1.54) is 11.3 Å². The lowest BCUT2D eigenvalue weighted by molar-refractivity contribution is 0.420. The van der Waals surface area contributed by atoms with Gasteiger partial charge in [-0.3, -0.25) is 4.98 Å². The highest BCUT2D eigenvalue weighted by atomic mass is 16.4. The maximum atomic E-state index is 5.57. The number of hydrogen-bond acceptors (Lipinski definition) is 4. The van der Waals surface area contributed by atoms with Crippen LogP contribution in [-0.2, 0) is 13.0 Å². The predicted octanol–water partition coefficient (Wildman–Crippen LogP) is 2.46. The topological polar surface area (TPSA) is 51.0 Å². The number of aromatic nitrogens is 2. The Kier molecular flexibility index (Phi) is 2.88. The van der Waals surface area contributed by atoms with Crippen LogP contribution in [0.1, 0.15) is 41.1 Å². The van der Waals surface area contributed by atoms with Crippen molar-refractivity contribution in [3.8, 4) is 0 Å². The van der Waals surface area contributed by atoms with Gasteiger partial charge in [-0.1, -0.05) is 6.07 Å². The fourth-order valence-corrected chi connectivity index (χ4v) is 2.44. The minimum atomic E-state index is 0.328. The van der Waals surface area contributed by atoms with Crippen LogP contribution in [0.4, 0.5) is 0 Å². The third-order valence-corrected chi connectivity index (χ3v) is 3.53. The lowest BCUT2D eigenvalue weighted by Crippen LogP contribution is -2.19. The summed E-state index contributed by atoms with van der Waals surface area (Å²) in [4.78, 5) is 8.84. The Hall–Kier alpha value is -1.68.